The summed E-state index contributed by atoms with van der Waals surface area (Å²) in [5.74, 6) is 0. The van der Waals surface area contributed by atoms with Gasteiger partial charge < -0.3 is 11.8 Å². The summed E-state index contributed by atoms with van der Waals surface area (Å²) in [5.41, 5.74) is -1.65. The molecular weight excluding hydrogens is 284 g/mol. The van der Waals surface area contributed by atoms with Crippen LogP contribution in [0.1, 0.15) is 0 Å². The molecule has 0 radical (unpaired) electrons. The molecule has 0 amide bonds. The van der Waals surface area contributed by atoms with E-state index in [1.165, 1.54) is 0 Å². The number of halogens is 2. The van der Waals surface area contributed by atoms with Crippen molar-refractivity contribution in [2.75, 3.05) is 0 Å². The van der Waals surface area contributed by atoms with E-state index in [1.807, 2.05) is 4.98 Å². The molecule has 4 N–H and O–H groups in total. The molecule has 0 bridgehead atoms. The number of nitrogens with one attached hydrogen (secondary N) is 4. The Labute approximate surface area is 128 Å². The number of aromatic amines is 4. The normalized spacial score (nSPS) is 7.65. The van der Waals surface area contributed by atoms with Crippen LogP contribution in [-0.4, -0.2) is 19.9 Å². The van der Waals surface area contributed by atoms with E-state index in [-0.39, 0.29) is 65.5 Å². The van der Waals surface area contributed by atoms with Gasteiger partial charge in [-0.05, 0) is 0 Å². The molecule has 0 aliphatic heterocycles. The average molecular weight is 290 g/mol. The van der Waals surface area contributed by atoms with Gasteiger partial charge in [-0.1, -0.05) is 0 Å². The molecular formula is C6H6Cl2N5NaO3. The zero-order chi connectivity index (χ0) is 10.7. The Morgan fingerprint density at radius 2 is 1.24 bits per heavy atom. The molecule has 0 saturated carbocycles. The van der Waals surface area contributed by atoms with Gasteiger partial charge in [0.1, 0.15) is 11.2 Å². The summed E-state index contributed by atoms with van der Waals surface area (Å²) >= 11 is 0. The van der Waals surface area contributed by atoms with Gasteiger partial charge in [0.15, 0.2) is 0 Å². The fraction of sp³-hybridized carbons (Fsp3) is 0. The Morgan fingerprint density at radius 1 is 0.824 bits per heavy atom. The fourth-order valence-electron chi connectivity index (χ4n) is 0.958. The first-order valence-corrected chi connectivity index (χ1v) is 3.34. The largest absolute Gasteiger partial charge is 1.00 e. The predicted molar refractivity (Wildman–Crippen MR) is 59.6 cm³/mol. The molecule has 11 heteroatoms. The molecule has 88 valence electrons. The van der Waals surface area contributed by atoms with Crippen LogP contribution in [-0.2, 0) is 0 Å². The van der Waals surface area contributed by atoms with Gasteiger partial charge in [0.05, 0.1) is 0 Å². The van der Waals surface area contributed by atoms with Gasteiger partial charge in [0.25, 0.3) is 5.56 Å². The predicted octanol–water partition coefficient (Wildman–Crippen LogP) is -3.82. The number of nitrogens with zero attached hydrogens (tertiary/aromatic N) is 1. The molecule has 8 nitrogen and oxygen atoms in total. The van der Waals surface area contributed by atoms with Gasteiger partial charge >= 0.3 is 40.9 Å². The second-order valence-electron chi connectivity index (χ2n) is 2.24. The Balaban J connectivity index is -0.000000373. The quantitative estimate of drug-likeness (QED) is 0.292. The molecule has 0 aliphatic carbocycles. The Kier molecular flexibility index (Phi) is 11.4. The van der Waals surface area contributed by atoms with Crippen molar-refractivity contribution in [2.45, 2.75) is 0 Å². The Hall–Kier alpha value is -0.980. The molecule has 0 fully saturated rings. The van der Waals surface area contributed by atoms with Crippen molar-refractivity contribution >= 4 is 36.0 Å². The van der Waals surface area contributed by atoms with Gasteiger partial charge in [-0.3, -0.25) is 24.7 Å². The number of H-pyrrole nitrogens is 4. The molecule has 0 spiro atoms. The molecule has 0 saturated heterocycles. The van der Waals surface area contributed by atoms with E-state index in [0.29, 0.717) is 0 Å². The van der Waals surface area contributed by atoms with Gasteiger partial charge in [-0.25, -0.2) is 9.59 Å². The first kappa shape index (κ1) is 21.3. The number of hydrogen-bond donors (Lipinski definition) is 4. The van der Waals surface area contributed by atoms with Crippen molar-refractivity contribution in [1.29, 1.82) is 5.26 Å². The number of fused-ring (bicyclic) bond motifs is 1. The summed E-state index contributed by atoms with van der Waals surface area (Å²) in [4.78, 5) is 41.0. The van der Waals surface area contributed by atoms with E-state index in [0.717, 1.165) is 0 Å². The van der Waals surface area contributed by atoms with E-state index < -0.39 is 16.9 Å². The van der Waals surface area contributed by atoms with E-state index in [4.69, 9.17) is 11.8 Å². The molecule has 2 aromatic rings. The maximum Gasteiger partial charge on any atom is 1.00 e. The molecule has 0 unspecified atom stereocenters. The second kappa shape index (κ2) is 9.09. The van der Waals surface area contributed by atoms with Gasteiger partial charge in [-0.15, -0.1) is 24.8 Å². The zero-order valence-corrected chi connectivity index (χ0v) is 12.1. The molecule has 2 rings (SSSR count). The van der Waals surface area contributed by atoms with Gasteiger partial charge in [0, 0.05) is 0 Å². The topological polar surface area (TPSA) is 138 Å². The van der Waals surface area contributed by atoms with E-state index in [1.54, 1.807) is 0 Å². The molecule has 17 heavy (non-hydrogen) atoms. The van der Waals surface area contributed by atoms with Crippen LogP contribution in [0.4, 0.5) is 0 Å². The van der Waals surface area contributed by atoms with Crippen molar-refractivity contribution in [3.63, 3.8) is 0 Å². The zero-order valence-electron chi connectivity index (χ0n) is 8.49. The first-order chi connectivity index (χ1) is 6.66. The number of aromatic nitrogens is 4. The smallest absolute Gasteiger partial charge is 0.512 e. The Bertz CT molecular complexity index is 638. The molecule has 2 heterocycles. The van der Waals surface area contributed by atoms with Crippen molar-refractivity contribution in [1.82, 2.24) is 19.9 Å². The molecule has 0 aliphatic rings. The van der Waals surface area contributed by atoms with E-state index in [9.17, 15) is 14.4 Å². The van der Waals surface area contributed by atoms with Crippen LogP contribution < -0.4 is 46.5 Å². The summed E-state index contributed by atoms with van der Waals surface area (Å²) < 4.78 is 0. The van der Waals surface area contributed by atoms with E-state index in [2.05, 4.69) is 15.0 Å². The van der Waals surface area contributed by atoms with Crippen LogP contribution in [0.3, 0.4) is 0 Å². The van der Waals surface area contributed by atoms with Crippen molar-refractivity contribution in [3.8, 4) is 0 Å². The maximum atomic E-state index is 10.9. The monoisotopic (exact) mass is 289 g/mol. The van der Waals surface area contributed by atoms with E-state index >= 15 is 0 Å². The third-order valence-electron chi connectivity index (χ3n) is 1.42. The summed E-state index contributed by atoms with van der Waals surface area (Å²) in [5, 5.41) is 6.25. The average Bonchev–Trinajstić information content (AvgIpc) is 2.49. The summed E-state index contributed by atoms with van der Waals surface area (Å²) in [7, 11) is 0. The van der Waals surface area contributed by atoms with Crippen LogP contribution in [0.15, 0.2) is 14.4 Å². The summed E-state index contributed by atoms with van der Waals surface area (Å²) in [6.07, 6.45) is 0. The molecule has 2 aromatic heterocycles. The number of imidazole rings is 1. The standard InChI is InChI=1S/C5H4N4O3.CN.2ClH.Na/c10-3-1-2(7-4(11)6-1)8-5(12)9-3;1-2;;;/h(H4,6,7,8,9,10,11,12);;2*1H;/q;-1;;;+1. The number of rotatable bonds is 0. The second-order valence-corrected chi connectivity index (χ2v) is 2.24. The minimum absolute atomic E-state index is 0. The van der Waals surface area contributed by atoms with Crippen LogP contribution in [0.5, 0.6) is 0 Å². The van der Waals surface area contributed by atoms with Crippen LogP contribution in [0, 0.1) is 11.8 Å². The van der Waals surface area contributed by atoms with Gasteiger partial charge in [0.2, 0.25) is 0 Å². The van der Waals surface area contributed by atoms with Gasteiger partial charge in [-0.2, -0.15) is 0 Å². The van der Waals surface area contributed by atoms with Crippen LogP contribution in [0.2, 0.25) is 0 Å². The minimum Gasteiger partial charge on any atom is -0.512 e. The fourth-order valence-corrected chi connectivity index (χ4v) is 0.958. The summed E-state index contributed by atoms with van der Waals surface area (Å²) in [6.45, 7) is 4.75. The SMILES string of the molecule is Cl.Cl.O=c1[nH]c(=O)c2[nH]c(=O)[nH]c2[nH]1.[C-]#N.[Na+]. The Morgan fingerprint density at radius 3 is 1.71 bits per heavy atom. The van der Waals surface area contributed by atoms with Crippen molar-refractivity contribution in [2.24, 2.45) is 0 Å². The van der Waals surface area contributed by atoms with Crippen molar-refractivity contribution in [3.05, 3.63) is 37.9 Å². The maximum absolute atomic E-state index is 10.9. The van der Waals surface area contributed by atoms with Crippen molar-refractivity contribution < 1.29 is 29.6 Å². The first-order valence-electron chi connectivity index (χ1n) is 3.34. The summed E-state index contributed by atoms with van der Waals surface area (Å²) in [6, 6.07) is 0. The molecule has 0 atom stereocenters. The molecule has 0 aromatic carbocycles. The third kappa shape index (κ3) is 4.80. The van der Waals surface area contributed by atoms with Crippen LogP contribution in [0.25, 0.3) is 11.2 Å². The number of hydrogen-bond acceptors (Lipinski definition) is 4. The third-order valence-corrected chi connectivity index (χ3v) is 1.42. The van der Waals surface area contributed by atoms with Crippen LogP contribution >= 0.6 is 24.8 Å². The minimum atomic E-state index is -0.650.